The summed E-state index contributed by atoms with van der Waals surface area (Å²) in [6.07, 6.45) is 1.99. The molecule has 0 radical (unpaired) electrons. The maximum Gasteiger partial charge on any atom is 0.272 e. The molecular weight excluding hydrogens is 308 g/mol. The fraction of sp³-hybridized carbons (Fsp3) is 0.353. The van der Waals surface area contributed by atoms with Crippen molar-refractivity contribution in [1.82, 2.24) is 15.1 Å². The van der Waals surface area contributed by atoms with Gasteiger partial charge in [0.25, 0.3) is 11.8 Å². The van der Waals surface area contributed by atoms with Crippen LogP contribution in [0.2, 0.25) is 0 Å². The van der Waals surface area contributed by atoms with Gasteiger partial charge in [-0.25, -0.2) is 0 Å². The zero-order chi connectivity index (χ0) is 16.7. The van der Waals surface area contributed by atoms with Crippen LogP contribution in [-0.2, 0) is 17.8 Å². The molecule has 0 unspecified atom stereocenters. The van der Waals surface area contributed by atoms with Gasteiger partial charge in [0.15, 0.2) is 0 Å². The van der Waals surface area contributed by atoms with Crippen molar-refractivity contribution in [1.29, 1.82) is 0 Å². The number of rotatable bonds is 2. The van der Waals surface area contributed by atoms with Crippen molar-refractivity contribution in [2.24, 2.45) is 0 Å². The van der Waals surface area contributed by atoms with Gasteiger partial charge < -0.3 is 15.0 Å². The van der Waals surface area contributed by atoms with Crippen molar-refractivity contribution < 1.29 is 14.3 Å². The lowest BCUT2D eigenvalue weighted by Crippen LogP contribution is -2.49. The highest BCUT2D eigenvalue weighted by atomic mass is 16.5. The number of anilines is 1. The van der Waals surface area contributed by atoms with Crippen molar-refractivity contribution >= 4 is 17.5 Å². The van der Waals surface area contributed by atoms with E-state index >= 15 is 0 Å². The van der Waals surface area contributed by atoms with Gasteiger partial charge in [-0.3, -0.25) is 14.3 Å². The molecule has 0 bridgehead atoms. The van der Waals surface area contributed by atoms with E-state index in [1.54, 1.807) is 13.1 Å². The largest absolute Gasteiger partial charge is 0.489 e. The Morgan fingerprint density at radius 2 is 2.21 bits per heavy atom. The topological polar surface area (TPSA) is 76.5 Å². The van der Waals surface area contributed by atoms with Gasteiger partial charge in [0.05, 0.1) is 5.69 Å². The van der Waals surface area contributed by atoms with E-state index < -0.39 is 6.04 Å². The van der Waals surface area contributed by atoms with E-state index in [0.717, 1.165) is 25.1 Å². The minimum atomic E-state index is -0.744. The lowest BCUT2D eigenvalue weighted by molar-refractivity contribution is -0.120. The predicted molar refractivity (Wildman–Crippen MR) is 87.1 cm³/mol. The summed E-state index contributed by atoms with van der Waals surface area (Å²) in [6.45, 7) is 0.936. The molecule has 24 heavy (non-hydrogen) atoms. The maximum absolute atomic E-state index is 12.6. The van der Waals surface area contributed by atoms with Crippen LogP contribution in [0.5, 0.6) is 5.75 Å². The van der Waals surface area contributed by atoms with Crippen molar-refractivity contribution in [2.45, 2.75) is 25.4 Å². The van der Waals surface area contributed by atoms with Gasteiger partial charge in [0.2, 0.25) is 0 Å². The monoisotopic (exact) mass is 326 g/mol. The molecule has 2 amide bonds. The summed E-state index contributed by atoms with van der Waals surface area (Å²) in [4.78, 5) is 26.6. The highest BCUT2D eigenvalue weighted by molar-refractivity contribution is 6.02. The number of nitrogens with zero attached hydrogens (tertiary/aromatic N) is 3. The first-order valence-electron chi connectivity index (χ1n) is 8.00. The zero-order valence-corrected chi connectivity index (χ0v) is 13.4. The summed E-state index contributed by atoms with van der Waals surface area (Å²) < 4.78 is 7.55. The molecule has 2 aliphatic heterocycles. The van der Waals surface area contributed by atoms with Crippen LogP contribution in [0.1, 0.15) is 22.6 Å². The molecule has 4 rings (SSSR count). The number of amides is 2. The van der Waals surface area contributed by atoms with Gasteiger partial charge in [-0.1, -0.05) is 12.1 Å². The Morgan fingerprint density at radius 1 is 1.38 bits per heavy atom. The highest BCUT2D eigenvalue weighted by Gasteiger charge is 2.31. The van der Waals surface area contributed by atoms with Crippen LogP contribution in [0.4, 0.5) is 5.69 Å². The first-order chi connectivity index (χ1) is 11.6. The maximum atomic E-state index is 12.6. The summed E-state index contributed by atoms with van der Waals surface area (Å²) in [5.41, 5.74) is 2.11. The van der Waals surface area contributed by atoms with Crippen LogP contribution in [0, 0.1) is 0 Å². The second-order valence-corrected chi connectivity index (χ2v) is 6.05. The Hall–Kier alpha value is -2.83. The van der Waals surface area contributed by atoms with E-state index in [9.17, 15) is 9.59 Å². The van der Waals surface area contributed by atoms with E-state index in [4.69, 9.17) is 4.74 Å². The second kappa shape index (κ2) is 5.67. The van der Waals surface area contributed by atoms with Crippen LogP contribution in [-0.4, -0.2) is 41.3 Å². The Labute approximate surface area is 139 Å². The molecule has 7 nitrogen and oxygen atoms in total. The van der Waals surface area contributed by atoms with Crippen LogP contribution < -0.4 is 15.0 Å². The molecular formula is C17H18N4O3. The first-order valence-corrected chi connectivity index (χ1v) is 8.00. The third kappa shape index (κ3) is 2.42. The number of fused-ring (bicyclic) bond motifs is 2. The smallest absolute Gasteiger partial charge is 0.272 e. The Bertz CT molecular complexity index is 792. The molecule has 3 heterocycles. The van der Waals surface area contributed by atoms with Gasteiger partial charge in [0, 0.05) is 19.3 Å². The van der Waals surface area contributed by atoms with E-state index in [1.165, 1.54) is 4.90 Å². The number of hydrogen-bond acceptors (Lipinski definition) is 4. The number of nitrogens with one attached hydrogen (secondary N) is 1. The normalized spacial score (nSPS) is 19.3. The number of benzene rings is 1. The lowest BCUT2D eigenvalue weighted by atomic mass is 10.2. The fourth-order valence-electron chi connectivity index (χ4n) is 3.16. The fourth-order valence-corrected chi connectivity index (χ4v) is 3.16. The van der Waals surface area contributed by atoms with Gasteiger partial charge >= 0.3 is 0 Å². The van der Waals surface area contributed by atoms with Gasteiger partial charge in [-0.05, 0) is 31.0 Å². The molecule has 1 atom stereocenters. The number of hydrogen-bond donors (Lipinski definition) is 1. The standard InChI is InChI=1S/C17H18N4O3/c1-20-14-6-2-3-7-15(14)24-10-13(17(20)23)18-16(22)12-9-11-5-4-8-21(11)19-12/h2-3,6-7,9,13H,4-5,8,10H2,1H3,(H,18,22)/t13-/m0/s1. The van der Waals surface area contributed by atoms with Crippen LogP contribution in [0.3, 0.4) is 0 Å². The average Bonchev–Trinajstić information content (AvgIpc) is 3.16. The molecule has 0 fully saturated rings. The Balaban J connectivity index is 1.52. The minimum absolute atomic E-state index is 0.0967. The van der Waals surface area contributed by atoms with Gasteiger partial charge in [0.1, 0.15) is 24.1 Å². The quantitative estimate of drug-likeness (QED) is 0.893. The summed E-state index contributed by atoms with van der Waals surface area (Å²) in [6, 6.07) is 8.37. The number of carbonyl (C=O) groups excluding carboxylic acids is 2. The van der Waals surface area contributed by atoms with Gasteiger partial charge in [-0.2, -0.15) is 5.10 Å². The van der Waals surface area contributed by atoms with E-state index in [1.807, 2.05) is 28.9 Å². The van der Waals surface area contributed by atoms with E-state index in [-0.39, 0.29) is 18.4 Å². The third-order valence-electron chi connectivity index (χ3n) is 4.46. The molecule has 0 saturated carbocycles. The second-order valence-electron chi connectivity index (χ2n) is 6.05. The Kier molecular flexibility index (Phi) is 3.48. The summed E-state index contributed by atoms with van der Waals surface area (Å²) >= 11 is 0. The van der Waals surface area contributed by atoms with Crippen LogP contribution in [0.15, 0.2) is 30.3 Å². The molecule has 0 aliphatic carbocycles. The van der Waals surface area contributed by atoms with Crippen LogP contribution in [0.25, 0.3) is 0 Å². The van der Waals surface area contributed by atoms with E-state index in [2.05, 4.69) is 10.4 Å². The predicted octanol–water partition coefficient (Wildman–Crippen LogP) is 0.983. The highest BCUT2D eigenvalue weighted by Crippen LogP contribution is 2.29. The summed E-state index contributed by atoms with van der Waals surface area (Å²) in [5, 5.41) is 7.05. The Morgan fingerprint density at radius 3 is 3.04 bits per heavy atom. The third-order valence-corrected chi connectivity index (χ3v) is 4.46. The van der Waals surface area contributed by atoms with Crippen LogP contribution >= 0.6 is 0 Å². The van der Waals surface area contributed by atoms with Crippen molar-refractivity contribution in [3.63, 3.8) is 0 Å². The molecule has 1 aromatic heterocycles. The number of ether oxygens (including phenoxy) is 1. The minimum Gasteiger partial charge on any atom is -0.489 e. The number of aromatic nitrogens is 2. The average molecular weight is 326 g/mol. The van der Waals surface area contributed by atoms with Crippen molar-refractivity contribution in [2.75, 3.05) is 18.6 Å². The number of aryl methyl sites for hydroxylation is 2. The molecule has 2 aromatic rings. The first kappa shape index (κ1) is 14.7. The molecule has 1 N–H and O–H groups in total. The number of para-hydroxylation sites is 2. The molecule has 2 aliphatic rings. The van der Waals surface area contributed by atoms with Gasteiger partial charge in [-0.15, -0.1) is 0 Å². The lowest BCUT2D eigenvalue weighted by Gasteiger charge is -2.20. The van der Waals surface area contributed by atoms with E-state index in [0.29, 0.717) is 17.1 Å². The molecule has 0 spiro atoms. The number of carbonyl (C=O) groups is 2. The number of likely N-dealkylation sites (N-methyl/N-ethyl adjacent to an activating group) is 1. The van der Waals surface area contributed by atoms with Crippen molar-refractivity contribution in [3.8, 4) is 5.75 Å². The molecule has 1 aromatic carbocycles. The summed E-state index contributed by atoms with van der Waals surface area (Å²) in [7, 11) is 1.68. The summed E-state index contributed by atoms with van der Waals surface area (Å²) in [5.74, 6) is 0.0734. The SMILES string of the molecule is CN1C(=O)[C@@H](NC(=O)c2cc3n(n2)CCC3)COc2ccccc21. The molecule has 0 saturated heterocycles. The van der Waals surface area contributed by atoms with Crippen molar-refractivity contribution in [3.05, 3.63) is 41.7 Å². The zero-order valence-electron chi connectivity index (χ0n) is 13.4. The molecule has 7 heteroatoms. The molecule has 124 valence electrons.